The summed E-state index contributed by atoms with van der Waals surface area (Å²) in [6, 6.07) is 11.5. The fraction of sp³-hybridized carbons (Fsp3) is 0.125. The van der Waals surface area contributed by atoms with Crippen LogP contribution in [0.1, 0.15) is 21.5 Å². The highest BCUT2D eigenvalue weighted by molar-refractivity contribution is 6.26. The number of amides is 1. The first-order chi connectivity index (χ1) is 16.4. The molecule has 0 bridgehead atoms. The molecule has 1 N–H and O–H groups in total. The summed E-state index contributed by atoms with van der Waals surface area (Å²) in [5.74, 6) is -3.84. The Hall–Kier alpha value is -4.34. The first-order valence-corrected chi connectivity index (χ1v) is 9.90. The van der Waals surface area contributed by atoms with Gasteiger partial charge in [0.15, 0.2) is 34.8 Å². The van der Waals surface area contributed by atoms with E-state index in [2.05, 4.69) is 15.3 Å². The summed E-state index contributed by atoms with van der Waals surface area (Å²) >= 11 is 0. The van der Waals surface area contributed by atoms with Gasteiger partial charge in [0.2, 0.25) is 5.75 Å². The zero-order valence-electron chi connectivity index (χ0n) is 18.3. The van der Waals surface area contributed by atoms with Crippen molar-refractivity contribution >= 4 is 23.3 Å². The standard InChI is InChI=1S/C24H18F3N3O4/c1-32-17-10-12(11-18(33-2)21(17)34-3)24(31)30-23-14-7-5-4-6-13(14)22(29-23)28-16-9-8-15(25)19(26)20(16)27/h4-11H,1-3H3,(H,28,29,30,31). The maximum Gasteiger partial charge on any atom is 0.257 e. The maximum atomic E-state index is 14.2. The molecule has 0 atom stereocenters. The van der Waals surface area contributed by atoms with E-state index in [0.29, 0.717) is 16.9 Å². The number of aliphatic imine (C=N–C) groups is 2. The molecule has 174 valence electrons. The number of methoxy groups -OCH3 is 3. The van der Waals surface area contributed by atoms with Gasteiger partial charge in [-0.3, -0.25) is 4.79 Å². The smallest absolute Gasteiger partial charge is 0.257 e. The van der Waals surface area contributed by atoms with E-state index in [0.717, 1.165) is 12.1 Å². The lowest BCUT2D eigenvalue weighted by Gasteiger charge is -2.14. The molecule has 0 aromatic heterocycles. The van der Waals surface area contributed by atoms with E-state index in [1.165, 1.54) is 33.5 Å². The van der Waals surface area contributed by atoms with Crippen LogP contribution >= 0.6 is 0 Å². The van der Waals surface area contributed by atoms with Crippen molar-refractivity contribution in [2.24, 2.45) is 9.98 Å². The molecular formula is C24H18F3N3O4. The van der Waals surface area contributed by atoms with Crippen LogP contribution in [0.15, 0.2) is 58.5 Å². The number of amidine groups is 2. The van der Waals surface area contributed by atoms with Crippen molar-refractivity contribution < 1.29 is 32.2 Å². The highest BCUT2D eigenvalue weighted by Gasteiger charge is 2.25. The van der Waals surface area contributed by atoms with Crippen LogP contribution in [0.4, 0.5) is 18.9 Å². The van der Waals surface area contributed by atoms with Gasteiger partial charge in [0.1, 0.15) is 11.5 Å². The highest BCUT2D eigenvalue weighted by atomic mass is 19.2. The van der Waals surface area contributed by atoms with Crippen LogP contribution in [0.2, 0.25) is 0 Å². The molecule has 0 fully saturated rings. The van der Waals surface area contributed by atoms with Crippen molar-refractivity contribution in [2.45, 2.75) is 0 Å². The van der Waals surface area contributed by atoms with Gasteiger partial charge in [-0.15, -0.1) is 0 Å². The van der Waals surface area contributed by atoms with Gasteiger partial charge in [-0.25, -0.2) is 23.2 Å². The topological polar surface area (TPSA) is 81.5 Å². The third-order valence-corrected chi connectivity index (χ3v) is 5.04. The van der Waals surface area contributed by atoms with Gasteiger partial charge in [0, 0.05) is 16.7 Å². The molecule has 4 rings (SSSR count). The number of nitrogens with one attached hydrogen (secondary N) is 1. The number of hydrogen-bond acceptors (Lipinski definition) is 5. The Morgan fingerprint density at radius 2 is 1.53 bits per heavy atom. The maximum absolute atomic E-state index is 14.2. The van der Waals surface area contributed by atoms with Crippen molar-refractivity contribution in [3.8, 4) is 17.2 Å². The van der Waals surface area contributed by atoms with Gasteiger partial charge >= 0.3 is 0 Å². The van der Waals surface area contributed by atoms with Crippen LogP contribution in [-0.2, 0) is 0 Å². The molecule has 10 heteroatoms. The SMILES string of the molecule is COc1cc(C(=O)NC2=NC(=Nc3ccc(F)c(F)c3F)c3ccccc32)cc(OC)c1OC. The monoisotopic (exact) mass is 469 g/mol. The van der Waals surface area contributed by atoms with Gasteiger partial charge in [0.25, 0.3) is 5.91 Å². The second-order valence-electron chi connectivity index (χ2n) is 7.00. The third kappa shape index (κ3) is 4.05. The fourth-order valence-electron chi connectivity index (χ4n) is 3.40. The Labute approximate surface area is 192 Å². The lowest BCUT2D eigenvalue weighted by atomic mass is 10.1. The highest BCUT2D eigenvalue weighted by Crippen LogP contribution is 2.38. The molecule has 0 radical (unpaired) electrons. The molecular weight excluding hydrogens is 451 g/mol. The number of carbonyl (C=O) groups excluding carboxylic acids is 1. The van der Waals surface area contributed by atoms with Crippen molar-refractivity contribution in [3.05, 3.63) is 82.7 Å². The van der Waals surface area contributed by atoms with E-state index in [4.69, 9.17) is 14.2 Å². The van der Waals surface area contributed by atoms with E-state index in [-0.39, 0.29) is 28.7 Å². The molecule has 7 nitrogen and oxygen atoms in total. The number of halogens is 3. The van der Waals surface area contributed by atoms with Crippen molar-refractivity contribution in [2.75, 3.05) is 21.3 Å². The molecule has 0 unspecified atom stereocenters. The molecule has 0 saturated heterocycles. The molecule has 1 aliphatic heterocycles. The van der Waals surface area contributed by atoms with E-state index in [1.54, 1.807) is 24.3 Å². The molecule has 3 aromatic carbocycles. The van der Waals surface area contributed by atoms with E-state index >= 15 is 0 Å². The number of ether oxygens (including phenoxy) is 3. The van der Waals surface area contributed by atoms with Crippen molar-refractivity contribution in [1.82, 2.24) is 5.32 Å². The average molecular weight is 469 g/mol. The lowest BCUT2D eigenvalue weighted by molar-refractivity contribution is 0.0976. The van der Waals surface area contributed by atoms with Crippen molar-refractivity contribution in [1.29, 1.82) is 0 Å². The second-order valence-corrected chi connectivity index (χ2v) is 7.00. The zero-order chi connectivity index (χ0) is 24.4. The molecule has 1 heterocycles. The molecule has 1 amide bonds. The Bertz CT molecular complexity index is 1330. The second kappa shape index (κ2) is 9.26. The third-order valence-electron chi connectivity index (χ3n) is 5.04. The van der Waals surface area contributed by atoms with E-state index < -0.39 is 29.0 Å². The molecule has 1 aliphatic rings. The average Bonchev–Trinajstić information content (AvgIpc) is 3.20. The van der Waals surface area contributed by atoms with Gasteiger partial charge in [-0.05, 0) is 24.3 Å². The Morgan fingerprint density at radius 3 is 2.15 bits per heavy atom. The number of rotatable bonds is 5. The minimum Gasteiger partial charge on any atom is -0.493 e. The minimum atomic E-state index is -1.63. The quantitative estimate of drug-likeness (QED) is 0.562. The minimum absolute atomic E-state index is 0.0284. The lowest BCUT2D eigenvalue weighted by Crippen LogP contribution is -2.30. The van der Waals surface area contributed by atoms with Gasteiger partial charge in [0.05, 0.1) is 21.3 Å². The van der Waals surface area contributed by atoms with Gasteiger partial charge < -0.3 is 19.5 Å². The number of carbonyl (C=O) groups is 1. The summed E-state index contributed by atoms with van der Waals surface area (Å²) in [6.07, 6.45) is 0. The normalized spacial score (nSPS) is 13.4. The summed E-state index contributed by atoms with van der Waals surface area (Å²) < 4.78 is 56.9. The van der Waals surface area contributed by atoms with Gasteiger partial charge in [-0.2, -0.15) is 0 Å². The van der Waals surface area contributed by atoms with Crippen LogP contribution in [0.3, 0.4) is 0 Å². The van der Waals surface area contributed by atoms with E-state index in [9.17, 15) is 18.0 Å². The zero-order valence-corrected chi connectivity index (χ0v) is 18.3. The molecule has 3 aromatic rings. The summed E-state index contributed by atoms with van der Waals surface area (Å²) in [5, 5.41) is 2.69. The number of benzene rings is 3. The number of fused-ring (bicyclic) bond motifs is 1. The molecule has 0 saturated carbocycles. The molecule has 34 heavy (non-hydrogen) atoms. The summed E-state index contributed by atoms with van der Waals surface area (Å²) in [7, 11) is 4.30. The van der Waals surface area contributed by atoms with Crippen LogP contribution in [0, 0.1) is 17.5 Å². The fourth-order valence-corrected chi connectivity index (χ4v) is 3.40. The van der Waals surface area contributed by atoms with Crippen LogP contribution < -0.4 is 19.5 Å². The summed E-state index contributed by atoms with van der Waals surface area (Å²) in [5.41, 5.74) is 0.772. The largest absolute Gasteiger partial charge is 0.493 e. The van der Waals surface area contributed by atoms with E-state index in [1.807, 2.05) is 0 Å². The summed E-state index contributed by atoms with van der Waals surface area (Å²) in [4.78, 5) is 21.4. The van der Waals surface area contributed by atoms with Gasteiger partial charge in [-0.1, -0.05) is 24.3 Å². The Morgan fingerprint density at radius 1 is 0.882 bits per heavy atom. The van der Waals surface area contributed by atoms with Crippen LogP contribution in [0.5, 0.6) is 17.2 Å². The van der Waals surface area contributed by atoms with Crippen LogP contribution in [0.25, 0.3) is 0 Å². The summed E-state index contributed by atoms with van der Waals surface area (Å²) in [6.45, 7) is 0. The van der Waals surface area contributed by atoms with Crippen molar-refractivity contribution in [3.63, 3.8) is 0 Å². The predicted octanol–water partition coefficient (Wildman–Crippen LogP) is 4.40. The number of hydrogen-bond donors (Lipinski definition) is 1. The Kier molecular flexibility index (Phi) is 6.22. The molecule has 0 spiro atoms. The molecule has 0 aliphatic carbocycles. The predicted molar refractivity (Wildman–Crippen MR) is 119 cm³/mol. The first kappa shape index (κ1) is 22.8. The van der Waals surface area contributed by atoms with Crippen LogP contribution in [-0.4, -0.2) is 38.9 Å². The first-order valence-electron chi connectivity index (χ1n) is 9.90. The number of nitrogens with zero attached hydrogens (tertiary/aromatic N) is 2. The Balaban J connectivity index is 1.72.